The van der Waals surface area contributed by atoms with Gasteiger partial charge in [0.25, 0.3) is 0 Å². The molecular formula is C17H19N3S. The summed E-state index contributed by atoms with van der Waals surface area (Å²) in [4.78, 5) is 4.47. The van der Waals surface area contributed by atoms with E-state index in [0.717, 1.165) is 41.5 Å². The summed E-state index contributed by atoms with van der Waals surface area (Å²) in [5, 5.41) is 9.13. The Morgan fingerprint density at radius 2 is 1.95 bits per heavy atom. The van der Waals surface area contributed by atoms with Crippen molar-refractivity contribution in [2.75, 3.05) is 12.3 Å². The Morgan fingerprint density at radius 1 is 1.19 bits per heavy atom. The van der Waals surface area contributed by atoms with Crippen LogP contribution in [0.1, 0.15) is 16.3 Å². The second kappa shape index (κ2) is 6.24. The zero-order valence-electron chi connectivity index (χ0n) is 12.1. The number of benzene rings is 2. The predicted molar refractivity (Wildman–Crippen MR) is 90.6 cm³/mol. The highest BCUT2D eigenvalue weighted by Gasteiger charge is 2.03. The first kappa shape index (κ1) is 14.0. The maximum atomic E-state index is 6.13. The summed E-state index contributed by atoms with van der Waals surface area (Å²) in [5.74, 6) is 0. The van der Waals surface area contributed by atoms with Gasteiger partial charge in [-0.05, 0) is 35.4 Å². The van der Waals surface area contributed by atoms with Crippen LogP contribution in [0.5, 0.6) is 0 Å². The monoisotopic (exact) mass is 297 g/mol. The van der Waals surface area contributed by atoms with Crippen molar-refractivity contribution in [2.45, 2.75) is 19.9 Å². The van der Waals surface area contributed by atoms with Crippen LogP contribution in [0.3, 0.4) is 0 Å². The number of aromatic nitrogens is 1. The number of rotatable bonds is 5. The topological polar surface area (TPSA) is 50.9 Å². The van der Waals surface area contributed by atoms with Crippen LogP contribution in [0, 0.1) is 6.92 Å². The van der Waals surface area contributed by atoms with Gasteiger partial charge in [-0.15, -0.1) is 11.3 Å². The molecule has 0 spiro atoms. The number of aryl methyl sites for hydroxylation is 1. The summed E-state index contributed by atoms with van der Waals surface area (Å²) in [7, 11) is 0. The SMILES string of the molecule is Cc1nc(CCNCc2cc3ccccc3cc2N)cs1. The van der Waals surface area contributed by atoms with Gasteiger partial charge in [0.2, 0.25) is 0 Å². The molecule has 3 N–H and O–H groups in total. The lowest BCUT2D eigenvalue weighted by Crippen LogP contribution is -2.17. The Hall–Kier alpha value is -1.91. The molecule has 0 fully saturated rings. The third-order valence-electron chi connectivity index (χ3n) is 3.55. The second-order valence-corrected chi connectivity index (χ2v) is 6.25. The van der Waals surface area contributed by atoms with E-state index in [-0.39, 0.29) is 0 Å². The van der Waals surface area contributed by atoms with E-state index in [2.05, 4.69) is 46.0 Å². The molecule has 2 aromatic carbocycles. The van der Waals surface area contributed by atoms with Crippen molar-refractivity contribution >= 4 is 27.8 Å². The van der Waals surface area contributed by atoms with E-state index < -0.39 is 0 Å². The minimum absolute atomic E-state index is 0.791. The molecule has 0 radical (unpaired) electrons. The van der Waals surface area contributed by atoms with Gasteiger partial charge in [-0.1, -0.05) is 24.3 Å². The second-order valence-electron chi connectivity index (χ2n) is 5.18. The first-order valence-electron chi connectivity index (χ1n) is 7.11. The zero-order chi connectivity index (χ0) is 14.7. The Morgan fingerprint density at radius 3 is 2.67 bits per heavy atom. The van der Waals surface area contributed by atoms with Gasteiger partial charge in [-0.3, -0.25) is 0 Å². The van der Waals surface area contributed by atoms with E-state index in [1.165, 1.54) is 10.8 Å². The maximum absolute atomic E-state index is 6.13. The van der Waals surface area contributed by atoms with Crippen molar-refractivity contribution in [1.29, 1.82) is 0 Å². The highest BCUT2D eigenvalue weighted by molar-refractivity contribution is 7.09. The standard InChI is InChI=1S/C17H19N3S/c1-12-20-16(11-21-12)6-7-19-10-15-8-13-4-2-3-5-14(13)9-17(15)18/h2-5,8-9,11,19H,6-7,10,18H2,1H3. The number of nitrogens with two attached hydrogens (primary N) is 1. The highest BCUT2D eigenvalue weighted by atomic mass is 32.1. The van der Waals surface area contributed by atoms with Gasteiger partial charge in [0.1, 0.15) is 0 Å². The molecule has 3 nitrogen and oxygen atoms in total. The molecule has 0 aliphatic rings. The van der Waals surface area contributed by atoms with Gasteiger partial charge >= 0.3 is 0 Å². The summed E-state index contributed by atoms with van der Waals surface area (Å²) in [6.07, 6.45) is 0.956. The molecule has 108 valence electrons. The van der Waals surface area contributed by atoms with Crippen LogP contribution in [0.2, 0.25) is 0 Å². The Kier molecular flexibility index (Phi) is 4.18. The lowest BCUT2D eigenvalue weighted by Gasteiger charge is -2.09. The fourth-order valence-electron chi connectivity index (χ4n) is 2.42. The number of hydrogen-bond acceptors (Lipinski definition) is 4. The molecule has 1 heterocycles. The molecule has 1 aromatic heterocycles. The Labute approximate surface area is 128 Å². The first-order chi connectivity index (χ1) is 10.2. The van der Waals surface area contributed by atoms with Gasteiger partial charge in [0.15, 0.2) is 0 Å². The minimum atomic E-state index is 0.791. The number of anilines is 1. The third kappa shape index (κ3) is 3.40. The molecule has 0 unspecified atom stereocenters. The normalized spacial score (nSPS) is 11.1. The third-order valence-corrected chi connectivity index (χ3v) is 4.37. The largest absolute Gasteiger partial charge is 0.398 e. The molecule has 3 aromatic rings. The molecule has 3 rings (SSSR count). The van der Waals surface area contributed by atoms with Crippen molar-refractivity contribution in [2.24, 2.45) is 0 Å². The van der Waals surface area contributed by atoms with Gasteiger partial charge in [-0.25, -0.2) is 4.98 Å². The number of hydrogen-bond donors (Lipinski definition) is 2. The van der Waals surface area contributed by atoms with Crippen molar-refractivity contribution in [3.63, 3.8) is 0 Å². The zero-order valence-corrected chi connectivity index (χ0v) is 12.9. The fourth-order valence-corrected chi connectivity index (χ4v) is 3.07. The number of nitrogens with zero attached hydrogens (tertiary/aromatic N) is 1. The number of nitrogens with one attached hydrogen (secondary N) is 1. The summed E-state index contributed by atoms with van der Waals surface area (Å²) in [6.45, 7) is 3.74. The summed E-state index contributed by atoms with van der Waals surface area (Å²) in [5.41, 5.74) is 9.30. The predicted octanol–water partition coefficient (Wildman–Crippen LogP) is 3.52. The van der Waals surface area contributed by atoms with Crippen LogP contribution in [0.4, 0.5) is 5.69 Å². The molecule has 0 atom stereocenters. The Balaban J connectivity index is 1.61. The summed E-state index contributed by atoms with van der Waals surface area (Å²) in [6, 6.07) is 12.5. The molecular weight excluding hydrogens is 278 g/mol. The average molecular weight is 297 g/mol. The van der Waals surface area contributed by atoms with Crippen molar-refractivity contribution in [3.8, 4) is 0 Å². The minimum Gasteiger partial charge on any atom is -0.398 e. The van der Waals surface area contributed by atoms with Gasteiger partial charge in [0.05, 0.1) is 10.7 Å². The van der Waals surface area contributed by atoms with Crippen LogP contribution in [-0.4, -0.2) is 11.5 Å². The van der Waals surface area contributed by atoms with Crippen LogP contribution in [0.15, 0.2) is 41.8 Å². The summed E-state index contributed by atoms with van der Waals surface area (Å²) >= 11 is 1.70. The van der Waals surface area contributed by atoms with E-state index in [1.54, 1.807) is 11.3 Å². The first-order valence-corrected chi connectivity index (χ1v) is 7.99. The lowest BCUT2D eigenvalue weighted by molar-refractivity contribution is 0.682. The highest BCUT2D eigenvalue weighted by Crippen LogP contribution is 2.21. The van der Waals surface area contributed by atoms with Crippen LogP contribution in [-0.2, 0) is 13.0 Å². The van der Waals surface area contributed by atoms with E-state index in [9.17, 15) is 0 Å². The van der Waals surface area contributed by atoms with Gasteiger partial charge in [0, 0.05) is 30.6 Å². The van der Waals surface area contributed by atoms with Gasteiger partial charge in [-0.2, -0.15) is 0 Å². The molecule has 4 heteroatoms. The molecule has 0 aliphatic carbocycles. The maximum Gasteiger partial charge on any atom is 0.0897 e. The number of thiazole rings is 1. The van der Waals surface area contributed by atoms with Crippen LogP contribution < -0.4 is 11.1 Å². The molecule has 0 saturated carbocycles. The van der Waals surface area contributed by atoms with Crippen molar-refractivity contribution in [3.05, 3.63) is 58.0 Å². The molecule has 0 aliphatic heterocycles. The molecule has 0 amide bonds. The van der Waals surface area contributed by atoms with Crippen LogP contribution in [0.25, 0.3) is 10.8 Å². The van der Waals surface area contributed by atoms with Gasteiger partial charge < -0.3 is 11.1 Å². The van der Waals surface area contributed by atoms with E-state index in [4.69, 9.17) is 5.73 Å². The quantitative estimate of drug-likeness (QED) is 0.559. The number of nitrogen functional groups attached to an aromatic ring is 1. The van der Waals surface area contributed by atoms with Crippen molar-refractivity contribution < 1.29 is 0 Å². The smallest absolute Gasteiger partial charge is 0.0897 e. The molecule has 0 bridgehead atoms. The summed E-state index contributed by atoms with van der Waals surface area (Å²) < 4.78 is 0. The Bertz CT molecular complexity index is 749. The molecule has 0 saturated heterocycles. The fraction of sp³-hybridized carbons (Fsp3) is 0.235. The van der Waals surface area contributed by atoms with E-state index in [0.29, 0.717) is 0 Å². The number of fused-ring (bicyclic) bond motifs is 1. The van der Waals surface area contributed by atoms with Crippen molar-refractivity contribution in [1.82, 2.24) is 10.3 Å². The van der Waals surface area contributed by atoms with E-state index >= 15 is 0 Å². The van der Waals surface area contributed by atoms with E-state index in [1.807, 2.05) is 13.0 Å². The average Bonchev–Trinajstić information content (AvgIpc) is 2.89. The van der Waals surface area contributed by atoms with Crippen LogP contribution >= 0.6 is 11.3 Å². The lowest BCUT2D eigenvalue weighted by atomic mass is 10.1. The molecule has 21 heavy (non-hydrogen) atoms.